The molecule has 0 aromatic rings. The zero-order valence-electron chi connectivity index (χ0n) is 10.2. The van der Waals surface area contributed by atoms with Gasteiger partial charge in [-0.25, -0.2) is 0 Å². The van der Waals surface area contributed by atoms with Gasteiger partial charge < -0.3 is 10.1 Å². The maximum atomic E-state index is 6.22. The van der Waals surface area contributed by atoms with Crippen molar-refractivity contribution in [3.8, 4) is 0 Å². The molecule has 0 unspecified atom stereocenters. The fraction of sp³-hybridized carbons (Fsp3) is 1.00. The summed E-state index contributed by atoms with van der Waals surface area (Å²) in [5.74, 6) is 3.02. The number of ether oxygens (including phenoxy) is 1. The highest BCUT2D eigenvalue weighted by molar-refractivity contribution is 5.85. The van der Waals surface area contributed by atoms with Gasteiger partial charge in [0.25, 0.3) is 0 Å². The molecule has 16 heavy (non-hydrogen) atoms. The van der Waals surface area contributed by atoms with Crippen LogP contribution in [0.15, 0.2) is 0 Å². The zero-order chi connectivity index (χ0) is 10.3. The van der Waals surface area contributed by atoms with Crippen molar-refractivity contribution in [3.63, 3.8) is 0 Å². The lowest BCUT2D eigenvalue weighted by molar-refractivity contribution is -0.161. The predicted octanol–water partition coefficient (Wildman–Crippen LogP) is 2.61. The van der Waals surface area contributed by atoms with Crippen LogP contribution in [0.4, 0.5) is 0 Å². The highest BCUT2D eigenvalue weighted by Crippen LogP contribution is 2.56. The smallest absolute Gasteiger partial charge is 0.0691 e. The van der Waals surface area contributed by atoms with Crippen LogP contribution in [0.25, 0.3) is 0 Å². The summed E-state index contributed by atoms with van der Waals surface area (Å²) in [6, 6.07) is 0. The van der Waals surface area contributed by atoms with E-state index < -0.39 is 0 Å². The number of rotatable bonds is 4. The van der Waals surface area contributed by atoms with Crippen molar-refractivity contribution in [1.82, 2.24) is 5.32 Å². The summed E-state index contributed by atoms with van der Waals surface area (Å²) in [4.78, 5) is 0. The maximum absolute atomic E-state index is 6.22. The van der Waals surface area contributed by atoms with Crippen LogP contribution >= 0.6 is 12.4 Å². The minimum absolute atomic E-state index is 0. The predicted molar refractivity (Wildman–Crippen MR) is 68.0 cm³/mol. The quantitative estimate of drug-likeness (QED) is 0.769. The van der Waals surface area contributed by atoms with Crippen LogP contribution in [-0.4, -0.2) is 25.8 Å². The second-order valence-electron chi connectivity index (χ2n) is 6.05. The third-order valence-electron chi connectivity index (χ3n) is 4.74. The number of halogens is 1. The highest BCUT2D eigenvalue weighted by atomic mass is 35.5. The van der Waals surface area contributed by atoms with Crippen molar-refractivity contribution in [2.75, 3.05) is 20.2 Å². The fourth-order valence-electron chi connectivity index (χ4n) is 4.58. The van der Waals surface area contributed by atoms with Gasteiger partial charge >= 0.3 is 0 Å². The van der Waals surface area contributed by atoms with Gasteiger partial charge in [-0.05, 0) is 63.3 Å². The topological polar surface area (TPSA) is 21.3 Å². The monoisotopic (exact) mass is 245 g/mol. The SMILES string of the molecule is CNCCOC12CC3CC(CC(C3)C1)C2.Cl. The summed E-state index contributed by atoms with van der Waals surface area (Å²) in [5, 5.41) is 3.18. The summed E-state index contributed by atoms with van der Waals surface area (Å²) >= 11 is 0. The van der Waals surface area contributed by atoms with Crippen molar-refractivity contribution < 1.29 is 4.74 Å². The van der Waals surface area contributed by atoms with E-state index in [1.165, 1.54) is 38.5 Å². The van der Waals surface area contributed by atoms with Crippen LogP contribution in [0.3, 0.4) is 0 Å². The molecule has 4 fully saturated rings. The molecule has 4 aliphatic carbocycles. The van der Waals surface area contributed by atoms with E-state index in [1.54, 1.807) is 0 Å². The van der Waals surface area contributed by atoms with E-state index in [0.29, 0.717) is 5.60 Å². The van der Waals surface area contributed by atoms with Gasteiger partial charge in [-0.1, -0.05) is 0 Å². The first-order chi connectivity index (χ1) is 7.30. The van der Waals surface area contributed by atoms with Crippen molar-refractivity contribution >= 4 is 12.4 Å². The fourth-order valence-corrected chi connectivity index (χ4v) is 4.58. The standard InChI is InChI=1S/C13H23NO.ClH/c1-14-2-3-15-13-7-10-4-11(8-13)6-12(5-10)9-13;/h10-12,14H,2-9H2,1H3;1H. The van der Waals surface area contributed by atoms with Crippen molar-refractivity contribution in [1.29, 1.82) is 0 Å². The summed E-state index contributed by atoms with van der Waals surface area (Å²) in [5.41, 5.74) is 0.311. The molecule has 0 aromatic heterocycles. The van der Waals surface area contributed by atoms with E-state index in [2.05, 4.69) is 5.32 Å². The molecule has 1 N–H and O–H groups in total. The first-order valence-corrected chi connectivity index (χ1v) is 6.58. The highest BCUT2D eigenvalue weighted by Gasteiger charge is 2.51. The number of hydrogen-bond acceptors (Lipinski definition) is 2. The average Bonchev–Trinajstić information content (AvgIpc) is 2.15. The lowest BCUT2D eigenvalue weighted by atomic mass is 9.54. The van der Waals surface area contributed by atoms with Crippen LogP contribution in [0.1, 0.15) is 38.5 Å². The Labute approximate surface area is 105 Å². The molecular weight excluding hydrogens is 222 g/mol. The Morgan fingerprint density at radius 2 is 1.56 bits per heavy atom. The molecule has 4 aliphatic rings. The second-order valence-corrected chi connectivity index (χ2v) is 6.05. The van der Waals surface area contributed by atoms with Gasteiger partial charge in [0.2, 0.25) is 0 Å². The minimum atomic E-state index is 0. The molecule has 0 atom stereocenters. The van der Waals surface area contributed by atoms with E-state index in [-0.39, 0.29) is 12.4 Å². The molecule has 0 spiro atoms. The molecule has 0 radical (unpaired) electrons. The Kier molecular flexibility index (Phi) is 3.82. The minimum Gasteiger partial charge on any atom is -0.374 e. The Hall–Kier alpha value is 0.210. The third kappa shape index (κ3) is 2.25. The average molecular weight is 246 g/mol. The number of hydrogen-bond donors (Lipinski definition) is 1. The lowest BCUT2D eigenvalue weighted by Gasteiger charge is -2.56. The van der Waals surface area contributed by atoms with Gasteiger partial charge in [-0.3, -0.25) is 0 Å². The Morgan fingerprint density at radius 1 is 1.06 bits per heavy atom. The molecule has 4 bridgehead atoms. The van der Waals surface area contributed by atoms with Crippen molar-refractivity contribution in [2.45, 2.75) is 44.1 Å². The molecule has 3 heteroatoms. The van der Waals surface area contributed by atoms with Crippen LogP contribution in [-0.2, 0) is 4.74 Å². The van der Waals surface area contributed by atoms with Gasteiger partial charge in [0.1, 0.15) is 0 Å². The van der Waals surface area contributed by atoms with Crippen LogP contribution in [0.5, 0.6) is 0 Å². The molecule has 0 aliphatic heterocycles. The molecule has 0 amide bonds. The van der Waals surface area contributed by atoms with Gasteiger partial charge in [-0.2, -0.15) is 0 Å². The molecule has 0 saturated heterocycles. The van der Waals surface area contributed by atoms with Crippen LogP contribution < -0.4 is 5.32 Å². The van der Waals surface area contributed by atoms with E-state index in [9.17, 15) is 0 Å². The molecule has 0 aromatic carbocycles. The Balaban J connectivity index is 0.000000963. The van der Waals surface area contributed by atoms with Crippen LogP contribution in [0.2, 0.25) is 0 Å². The third-order valence-corrected chi connectivity index (χ3v) is 4.74. The van der Waals surface area contributed by atoms with Gasteiger partial charge in [-0.15, -0.1) is 12.4 Å². The molecular formula is C13H24ClNO. The van der Waals surface area contributed by atoms with Gasteiger partial charge in [0.15, 0.2) is 0 Å². The Morgan fingerprint density at radius 3 is 2.00 bits per heavy atom. The van der Waals surface area contributed by atoms with Crippen molar-refractivity contribution in [2.24, 2.45) is 17.8 Å². The molecule has 4 rings (SSSR count). The maximum Gasteiger partial charge on any atom is 0.0691 e. The van der Waals surface area contributed by atoms with E-state index >= 15 is 0 Å². The van der Waals surface area contributed by atoms with E-state index in [4.69, 9.17) is 4.74 Å². The summed E-state index contributed by atoms with van der Waals surface area (Å²) in [6.45, 7) is 1.91. The van der Waals surface area contributed by atoms with Gasteiger partial charge in [0, 0.05) is 6.54 Å². The summed E-state index contributed by atoms with van der Waals surface area (Å²) in [7, 11) is 2.00. The normalized spacial score (nSPS) is 44.4. The van der Waals surface area contributed by atoms with Gasteiger partial charge in [0.05, 0.1) is 12.2 Å². The molecule has 94 valence electrons. The summed E-state index contributed by atoms with van der Waals surface area (Å²) in [6.07, 6.45) is 8.62. The first-order valence-electron chi connectivity index (χ1n) is 6.58. The number of likely N-dealkylation sites (N-methyl/N-ethyl adjacent to an activating group) is 1. The first kappa shape index (κ1) is 12.7. The zero-order valence-corrected chi connectivity index (χ0v) is 11.0. The van der Waals surface area contributed by atoms with E-state index in [1.807, 2.05) is 7.05 Å². The number of nitrogens with one attached hydrogen (secondary N) is 1. The lowest BCUT2D eigenvalue weighted by Crippen LogP contribution is -2.52. The molecule has 0 heterocycles. The molecule has 2 nitrogen and oxygen atoms in total. The van der Waals surface area contributed by atoms with Crippen LogP contribution in [0, 0.1) is 17.8 Å². The van der Waals surface area contributed by atoms with Crippen molar-refractivity contribution in [3.05, 3.63) is 0 Å². The Bertz CT molecular complexity index is 209. The summed E-state index contributed by atoms with van der Waals surface area (Å²) < 4.78 is 6.22. The second kappa shape index (κ2) is 4.83. The molecule has 4 saturated carbocycles. The largest absolute Gasteiger partial charge is 0.374 e. The van der Waals surface area contributed by atoms with E-state index in [0.717, 1.165) is 30.9 Å².